The first-order valence-corrected chi connectivity index (χ1v) is 13.4. The molecule has 190 valence electrons. The van der Waals surface area contributed by atoms with Crippen LogP contribution >= 0.6 is 0 Å². The number of ether oxygens (including phenoxy) is 2. The Morgan fingerprint density at radius 3 is 1.59 bits per heavy atom. The maximum atomic E-state index is 9.48. The van der Waals surface area contributed by atoms with Crippen LogP contribution in [0.1, 0.15) is 95.5 Å². The van der Waals surface area contributed by atoms with Crippen LogP contribution < -0.4 is 9.47 Å². The van der Waals surface area contributed by atoms with Gasteiger partial charge in [-0.2, -0.15) is 0 Å². The Bertz CT molecular complexity index is 690. The minimum absolute atomic E-state index is 0.0159. The molecule has 0 saturated carbocycles. The maximum Gasteiger partial charge on any atom is 0.161 e. The molecule has 3 nitrogen and oxygen atoms in total. The van der Waals surface area contributed by atoms with Crippen LogP contribution in [-0.2, 0) is 6.61 Å². The summed E-state index contributed by atoms with van der Waals surface area (Å²) in [6.07, 6.45) is 29.0. The average molecular weight is 469 g/mol. The highest BCUT2D eigenvalue weighted by atomic mass is 16.5. The summed E-state index contributed by atoms with van der Waals surface area (Å²) in [4.78, 5) is 0. The second-order valence-corrected chi connectivity index (χ2v) is 8.78. The summed E-state index contributed by atoms with van der Waals surface area (Å²) in [5, 5.41) is 9.48. The number of hydrogen-bond donors (Lipinski definition) is 1. The highest BCUT2D eigenvalue weighted by Gasteiger charge is 2.07. The molecule has 0 bridgehead atoms. The van der Waals surface area contributed by atoms with Gasteiger partial charge < -0.3 is 14.6 Å². The fourth-order valence-electron chi connectivity index (χ4n) is 3.77. The molecule has 0 radical (unpaired) electrons. The third-order valence-electron chi connectivity index (χ3n) is 5.78. The van der Waals surface area contributed by atoms with E-state index in [1.54, 1.807) is 0 Å². The van der Waals surface area contributed by atoms with Gasteiger partial charge in [-0.1, -0.05) is 107 Å². The first-order valence-electron chi connectivity index (χ1n) is 13.4. The van der Waals surface area contributed by atoms with Crippen molar-refractivity contribution in [2.45, 2.75) is 96.5 Å². The molecule has 0 aromatic heterocycles. The Morgan fingerprint density at radius 1 is 0.618 bits per heavy atom. The van der Waals surface area contributed by atoms with Crippen LogP contribution in [0.4, 0.5) is 0 Å². The zero-order chi connectivity index (χ0) is 24.5. The highest BCUT2D eigenvalue weighted by Crippen LogP contribution is 2.29. The Kier molecular flexibility index (Phi) is 19.7. The molecule has 0 aliphatic heterocycles. The third-order valence-corrected chi connectivity index (χ3v) is 5.78. The van der Waals surface area contributed by atoms with Crippen LogP contribution in [0.15, 0.2) is 67.8 Å². The molecule has 0 aliphatic rings. The topological polar surface area (TPSA) is 38.7 Å². The molecule has 34 heavy (non-hydrogen) atoms. The average Bonchev–Trinajstić information content (AvgIpc) is 2.86. The highest BCUT2D eigenvalue weighted by molar-refractivity contribution is 5.42. The van der Waals surface area contributed by atoms with E-state index >= 15 is 0 Å². The molecule has 0 atom stereocenters. The number of rotatable bonds is 23. The molecule has 1 rings (SSSR count). The minimum atomic E-state index is 0.0159. The lowest BCUT2D eigenvalue weighted by Crippen LogP contribution is -2.03. The van der Waals surface area contributed by atoms with E-state index in [2.05, 4.69) is 25.3 Å². The molecule has 0 heterocycles. The fourth-order valence-corrected chi connectivity index (χ4v) is 3.77. The second kappa shape index (κ2) is 22.5. The molecule has 3 heteroatoms. The summed E-state index contributed by atoms with van der Waals surface area (Å²) in [6.45, 7) is 8.79. The number of unbranched alkanes of at least 4 members (excludes halogenated alkanes) is 12. The van der Waals surface area contributed by atoms with Crippen molar-refractivity contribution in [1.29, 1.82) is 0 Å². The van der Waals surface area contributed by atoms with Gasteiger partial charge in [-0.15, -0.1) is 0 Å². The van der Waals surface area contributed by atoms with Gasteiger partial charge in [0, 0.05) is 0 Å². The van der Waals surface area contributed by atoms with E-state index in [1.165, 1.54) is 64.2 Å². The van der Waals surface area contributed by atoms with Crippen LogP contribution in [0.5, 0.6) is 11.5 Å². The van der Waals surface area contributed by atoms with Crippen LogP contribution in [0.25, 0.3) is 0 Å². The van der Waals surface area contributed by atoms with Crippen molar-refractivity contribution in [3.8, 4) is 11.5 Å². The summed E-state index contributed by atoms with van der Waals surface area (Å²) >= 11 is 0. The van der Waals surface area contributed by atoms with E-state index in [9.17, 15) is 5.11 Å². The Labute approximate surface area is 209 Å². The van der Waals surface area contributed by atoms with Crippen molar-refractivity contribution in [2.75, 3.05) is 13.2 Å². The predicted molar refractivity (Wildman–Crippen MR) is 147 cm³/mol. The largest absolute Gasteiger partial charge is 0.490 e. The number of hydrogen-bond acceptors (Lipinski definition) is 3. The molecule has 0 spiro atoms. The summed E-state index contributed by atoms with van der Waals surface area (Å²) in [5.41, 5.74) is 0.857. The van der Waals surface area contributed by atoms with Gasteiger partial charge in [-0.25, -0.2) is 0 Å². The molecule has 0 aliphatic carbocycles. The van der Waals surface area contributed by atoms with Crippen LogP contribution in [-0.4, -0.2) is 18.3 Å². The van der Waals surface area contributed by atoms with Gasteiger partial charge in [0.2, 0.25) is 0 Å². The van der Waals surface area contributed by atoms with Crippen molar-refractivity contribution in [2.24, 2.45) is 0 Å². The van der Waals surface area contributed by atoms with E-state index in [0.717, 1.165) is 42.7 Å². The number of aliphatic hydroxyl groups is 1. The first kappa shape index (κ1) is 29.8. The first-order chi connectivity index (χ1) is 16.8. The van der Waals surface area contributed by atoms with Gasteiger partial charge in [0.25, 0.3) is 0 Å². The molecule has 0 unspecified atom stereocenters. The number of allylic oxidation sites excluding steroid dienone is 6. The van der Waals surface area contributed by atoms with Crippen molar-refractivity contribution >= 4 is 0 Å². The predicted octanol–water partition coefficient (Wildman–Crippen LogP) is 8.88. The van der Waals surface area contributed by atoms with Crippen molar-refractivity contribution in [1.82, 2.24) is 0 Å². The van der Waals surface area contributed by atoms with Crippen LogP contribution in [0, 0.1) is 0 Å². The standard InChI is InChI=1S/C31H48O3/c1-3-5-7-9-11-13-15-17-19-21-25-33-30-24-23-29(28-32)27-31(30)34-26-22-20-18-16-14-12-10-8-6-4-2/h3-8,23-24,27,32H,1-2,9-22,25-26,28H2. The van der Waals surface area contributed by atoms with Crippen molar-refractivity contribution in [3.63, 3.8) is 0 Å². The molecular formula is C31H48O3. The van der Waals surface area contributed by atoms with E-state index in [4.69, 9.17) is 9.47 Å². The normalized spacial score (nSPS) is 11.3. The number of benzene rings is 1. The lowest BCUT2D eigenvalue weighted by Gasteiger charge is -2.14. The van der Waals surface area contributed by atoms with Gasteiger partial charge in [-0.05, 0) is 56.2 Å². The van der Waals surface area contributed by atoms with E-state index in [1.807, 2.05) is 42.5 Å². The van der Waals surface area contributed by atoms with Gasteiger partial charge >= 0.3 is 0 Å². The van der Waals surface area contributed by atoms with Gasteiger partial charge in [0.1, 0.15) is 0 Å². The third kappa shape index (κ3) is 16.4. The minimum Gasteiger partial charge on any atom is -0.490 e. The second-order valence-electron chi connectivity index (χ2n) is 8.78. The monoisotopic (exact) mass is 468 g/mol. The molecule has 0 saturated heterocycles. The van der Waals surface area contributed by atoms with Gasteiger partial charge in [0.15, 0.2) is 11.5 Å². The zero-order valence-electron chi connectivity index (χ0n) is 21.4. The fraction of sp³-hybridized carbons (Fsp3) is 0.548. The summed E-state index contributed by atoms with van der Waals surface area (Å²) in [7, 11) is 0. The Morgan fingerprint density at radius 2 is 1.09 bits per heavy atom. The number of aliphatic hydroxyl groups excluding tert-OH is 1. The van der Waals surface area contributed by atoms with Crippen molar-refractivity contribution < 1.29 is 14.6 Å². The van der Waals surface area contributed by atoms with E-state index in [-0.39, 0.29) is 6.61 Å². The molecule has 1 aromatic rings. The summed E-state index contributed by atoms with van der Waals surface area (Å²) in [5.74, 6) is 1.55. The molecule has 0 fully saturated rings. The molecule has 1 N–H and O–H groups in total. The van der Waals surface area contributed by atoms with Crippen LogP contribution in [0.2, 0.25) is 0 Å². The Hall–Kier alpha value is -2.26. The van der Waals surface area contributed by atoms with E-state index < -0.39 is 0 Å². The zero-order valence-corrected chi connectivity index (χ0v) is 21.4. The summed E-state index contributed by atoms with van der Waals surface area (Å²) in [6, 6.07) is 5.75. The molecule has 0 amide bonds. The smallest absolute Gasteiger partial charge is 0.161 e. The van der Waals surface area contributed by atoms with Gasteiger partial charge in [-0.3, -0.25) is 0 Å². The lowest BCUT2D eigenvalue weighted by atomic mass is 10.1. The van der Waals surface area contributed by atoms with E-state index in [0.29, 0.717) is 13.2 Å². The SMILES string of the molecule is C=CC=CCCCCCCCCOc1ccc(CO)cc1OCCCCCCCCC=CC=C. The van der Waals surface area contributed by atoms with Crippen LogP contribution in [0.3, 0.4) is 0 Å². The molecule has 1 aromatic carbocycles. The quantitative estimate of drug-likeness (QED) is 0.129. The maximum absolute atomic E-state index is 9.48. The lowest BCUT2D eigenvalue weighted by molar-refractivity contribution is 0.254. The Balaban J connectivity index is 2.18. The summed E-state index contributed by atoms with van der Waals surface area (Å²) < 4.78 is 12.1. The molecular weight excluding hydrogens is 420 g/mol. The van der Waals surface area contributed by atoms with Crippen molar-refractivity contribution in [3.05, 3.63) is 73.4 Å². The van der Waals surface area contributed by atoms with Gasteiger partial charge in [0.05, 0.1) is 19.8 Å².